The highest BCUT2D eigenvalue weighted by molar-refractivity contribution is 6.42. The zero-order chi connectivity index (χ0) is 25.6. The van der Waals surface area contributed by atoms with Gasteiger partial charge in [0.1, 0.15) is 18.2 Å². The van der Waals surface area contributed by atoms with Crippen LogP contribution >= 0.6 is 23.2 Å². The van der Waals surface area contributed by atoms with Crippen molar-refractivity contribution in [2.24, 2.45) is 0 Å². The quantitative estimate of drug-likeness (QED) is 0.306. The van der Waals surface area contributed by atoms with Crippen LogP contribution in [0.5, 0.6) is 11.5 Å². The van der Waals surface area contributed by atoms with Crippen LogP contribution in [0.3, 0.4) is 0 Å². The van der Waals surface area contributed by atoms with Crippen LogP contribution in [0.25, 0.3) is 10.9 Å². The van der Waals surface area contributed by atoms with Crippen LogP contribution in [0, 0.1) is 11.6 Å². The summed E-state index contributed by atoms with van der Waals surface area (Å²) in [6.45, 7) is 3.59. The van der Waals surface area contributed by atoms with Gasteiger partial charge >= 0.3 is 0 Å². The second kappa shape index (κ2) is 9.71. The highest BCUT2D eigenvalue weighted by Gasteiger charge is 2.43. The Hall–Kier alpha value is -3.17. The molecule has 2 aliphatic heterocycles. The fourth-order valence-electron chi connectivity index (χ4n) is 5.10. The SMILES string of the molecule is C=CC(=O)N1[C@@H]2CC[C@H]1C[C@H](Oc1c(OC)cc3ncnc(Nc4ccc(Cl)c(Cl)c4F)c3c1F)C2. The minimum Gasteiger partial charge on any atom is -0.493 e. The molecule has 2 fully saturated rings. The second-order valence-electron chi connectivity index (χ2n) is 8.73. The molecule has 2 aliphatic rings. The van der Waals surface area contributed by atoms with Crippen molar-refractivity contribution in [2.45, 2.75) is 43.9 Å². The van der Waals surface area contributed by atoms with Crippen molar-refractivity contribution in [2.75, 3.05) is 12.4 Å². The molecule has 0 aliphatic carbocycles. The number of piperidine rings is 1. The number of hydrogen-bond acceptors (Lipinski definition) is 6. The van der Waals surface area contributed by atoms with Gasteiger partial charge < -0.3 is 19.7 Å². The number of ether oxygens (including phenoxy) is 2. The number of fused-ring (bicyclic) bond motifs is 3. The molecule has 11 heteroatoms. The number of nitrogens with zero attached hydrogens (tertiary/aromatic N) is 3. The summed E-state index contributed by atoms with van der Waals surface area (Å²) in [6, 6.07) is 4.35. The van der Waals surface area contributed by atoms with Gasteiger partial charge in [-0.25, -0.2) is 18.7 Å². The molecule has 1 N–H and O–H groups in total. The van der Waals surface area contributed by atoms with Crippen molar-refractivity contribution >= 4 is 51.5 Å². The molecule has 3 aromatic rings. The van der Waals surface area contributed by atoms with Crippen LogP contribution in [-0.2, 0) is 4.79 Å². The van der Waals surface area contributed by atoms with Gasteiger partial charge in [0, 0.05) is 31.0 Å². The maximum Gasteiger partial charge on any atom is 0.246 e. The predicted molar refractivity (Wildman–Crippen MR) is 133 cm³/mol. The molecule has 0 saturated carbocycles. The van der Waals surface area contributed by atoms with Crippen LogP contribution < -0.4 is 14.8 Å². The van der Waals surface area contributed by atoms with E-state index < -0.39 is 11.6 Å². The van der Waals surface area contributed by atoms with Crippen molar-refractivity contribution in [1.29, 1.82) is 0 Å². The summed E-state index contributed by atoms with van der Waals surface area (Å²) in [5.74, 6) is -1.54. The number of anilines is 2. The average Bonchev–Trinajstić information content (AvgIpc) is 3.15. The first-order valence-electron chi connectivity index (χ1n) is 11.4. The van der Waals surface area contributed by atoms with Crippen molar-refractivity contribution in [3.8, 4) is 11.5 Å². The number of amides is 1. The largest absolute Gasteiger partial charge is 0.493 e. The van der Waals surface area contributed by atoms with Crippen molar-refractivity contribution < 1.29 is 23.0 Å². The van der Waals surface area contributed by atoms with E-state index in [0.29, 0.717) is 12.8 Å². The minimum absolute atomic E-state index is 0.000940. The summed E-state index contributed by atoms with van der Waals surface area (Å²) in [4.78, 5) is 22.4. The van der Waals surface area contributed by atoms with Gasteiger partial charge in [-0.1, -0.05) is 29.8 Å². The van der Waals surface area contributed by atoms with E-state index in [1.807, 2.05) is 4.90 Å². The lowest BCUT2D eigenvalue weighted by Gasteiger charge is -2.38. The van der Waals surface area contributed by atoms with Crippen molar-refractivity contribution in [3.63, 3.8) is 0 Å². The number of methoxy groups -OCH3 is 1. The first-order valence-corrected chi connectivity index (χ1v) is 12.1. The number of nitrogens with one attached hydrogen (secondary N) is 1. The molecule has 3 heterocycles. The number of benzene rings is 2. The van der Waals surface area contributed by atoms with Gasteiger partial charge in [0.15, 0.2) is 23.1 Å². The van der Waals surface area contributed by atoms with Gasteiger partial charge in [-0.2, -0.15) is 0 Å². The lowest BCUT2D eigenvalue weighted by molar-refractivity contribution is -0.131. The monoisotopic (exact) mass is 534 g/mol. The Morgan fingerprint density at radius 1 is 1.19 bits per heavy atom. The van der Waals surface area contributed by atoms with Gasteiger partial charge in [-0.3, -0.25) is 4.79 Å². The molecule has 1 amide bonds. The Morgan fingerprint density at radius 3 is 2.58 bits per heavy atom. The summed E-state index contributed by atoms with van der Waals surface area (Å²) in [6.07, 6.45) is 5.05. The molecule has 2 bridgehead atoms. The molecule has 5 rings (SSSR count). The van der Waals surface area contributed by atoms with E-state index in [4.69, 9.17) is 32.7 Å². The fraction of sp³-hybridized carbons (Fsp3) is 0.320. The highest BCUT2D eigenvalue weighted by Crippen LogP contribution is 2.43. The maximum absolute atomic E-state index is 16.0. The van der Waals surface area contributed by atoms with Gasteiger partial charge in [0.2, 0.25) is 5.91 Å². The summed E-state index contributed by atoms with van der Waals surface area (Å²) in [7, 11) is 1.41. The number of halogens is 4. The lowest BCUT2D eigenvalue weighted by Crippen LogP contribution is -2.48. The predicted octanol–water partition coefficient (Wildman–Crippen LogP) is 6.05. The normalized spacial score (nSPS) is 20.9. The minimum atomic E-state index is -0.794. The molecule has 3 atom stereocenters. The standard InChI is InChI=1S/C25H22Cl2F2N4O3/c1-3-19(34)33-12-4-5-13(33)9-14(8-12)36-24-18(35-2)10-17-20(23(24)29)25(31-11-30-17)32-16-7-6-15(26)21(27)22(16)28/h3,6-7,10-14H,1,4-5,8-9H2,2H3,(H,30,31,32)/t12-,13+,14-. The van der Waals surface area contributed by atoms with Gasteiger partial charge in [0.05, 0.1) is 33.7 Å². The molecule has 2 aromatic carbocycles. The molecule has 0 spiro atoms. The Morgan fingerprint density at radius 2 is 1.92 bits per heavy atom. The third-order valence-electron chi connectivity index (χ3n) is 6.70. The Labute approximate surface area is 216 Å². The smallest absolute Gasteiger partial charge is 0.246 e. The molecular weight excluding hydrogens is 513 g/mol. The molecule has 2 saturated heterocycles. The number of aromatic nitrogens is 2. The number of carbonyl (C=O) groups is 1. The highest BCUT2D eigenvalue weighted by atomic mass is 35.5. The third kappa shape index (κ3) is 4.20. The molecule has 7 nitrogen and oxygen atoms in total. The Kier molecular flexibility index (Phi) is 6.61. The fourth-order valence-corrected chi connectivity index (χ4v) is 5.41. The van der Waals surface area contributed by atoms with Crippen molar-refractivity contribution in [1.82, 2.24) is 14.9 Å². The third-order valence-corrected chi connectivity index (χ3v) is 7.48. The lowest BCUT2D eigenvalue weighted by atomic mass is 9.99. The van der Waals surface area contributed by atoms with Crippen molar-refractivity contribution in [3.05, 3.63) is 58.9 Å². The Balaban J connectivity index is 1.50. The summed E-state index contributed by atoms with van der Waals surface area (Å²) in [5.41, 5.74) is 0.207. The molecule has 1 aromatic heterocycles. The molecule has 0 radical (unpaired) electrons. The number of rotatable bonds is 6. The summed E-state index contributed by atoms with van der Waals surface area (Å²) in [5, 5.41) is 2.57. The van der Waals surface area contributed by atoms with Crippen LogP contribution in [0.4, 0.5) is 20.3 Å². The van der Waals surface area contributed by atoms with Gasteiger partial charge in [-0.15, -0.1) is 0 Å². The van der Waals surface area contributed by atoms with E-state index in [0.717, 1.165) is 12.8 Å². The van der Waals surface area contributed by atoms with Gasteiger partial charge in [0.25, 0.3) is 0 Å². The van der Waals surface area contributed by atoms with E-state index in [9.17, 15) is 9.18 Å². The van der Waals surface area contributed by atoms with E-state index >= 15 is 4.39 Å². The van der Waals surface area contributed by atoms with E-state index in [2.05, 4.69) is 21.9 Å². The summed E-state index contributed by atoms with van der Waals surface area (Å²) < 4.78 is 42.2. The number of carbonyl (C=O) groups excluding carboxylic acids is 1. The summed E-state index contributed by atoms with van der Waals surface area (Å²) >= 11 is 11.8. The zero-order valence-corrected chi connectivity index (χ0v) is 20.7. The second-order valence-corrected chi connectivity index (χ2v) is 9.52. The zero-order valence-electron chi connectivity index (χ0n) is 19.2. The van der Waals surface area contributed by atoms with Crippen LogP contribution in [-0.4, -0.2) is 46.1 Å². The first-order chi connectivity index (χ1) is 17.3. The molecular formula is C25H22Cl2F2N4O3. The van der Waals surface area contributed by atoms with E-state index in [-0.39, 0.29) is 68.0 Å². The maximum atomic E-state index is 16.0. The molecule has 188 valence electrons. The van der Waals surface area contributed by atoms with Crippen LogP contribution in [0.15, 0.2) is 37.2 Å². The first kappa shape index (κ1) is 24.5. The Bertz CT molecular complexity index is 1360. The average molecular weight is 535 g/mol. The topological polar surface area (TPSA) is 76.6 Å². The van der Waals surface area contributed by atoms with Crippen LogP contribution in [0.1, 0.15) is 25.7 Å². The van der Waals surface area contributed by atoms with E-state index in [1.54, 1.807) is 0 Å². The molecule has 36 heavy (non-hydrogen) atoms. The van der Waals surface area contributed by atoms with Gasteiger partial charge in [-0.05, 0) is 31.1 Å². The molecule has 0 unspecified atom stereocenters. The van der Waals surface area contributed by atoms with Crippen LogP contribution in [0.2, 0.25) is 10.0 Å². The van der Waals surface area contributed by atoms with E-state index in [1.165, 1.54) is 37.7 Å². The number of hydrogen-bond donors (Lipinski definition) is 1.